The van der Waals surface area contributed by atoms with Gasteiger partial charge in [0.05, 0.1) is 13.2 Å². The first-order valence-corrected chi connectivity index (χ1v) is 11.0. The van der Waals surface area contributed by atoms with Crippen molar-refractivity contribution in [3.8, 4) is 0 Å². The molecule has 29 heavy (non-hydrogen) atoms. The van der Waals surface area contributed by atoms with Gasteiger partial charge in [0.25, 0.3) is 5.56 Å². The van der Waals surface area contributed by atoms with Gasteiger partial charge < -0.3 is 19.5 Å². The molecule has 2 saturated heterocycles. The Morgan fingerprint density at radius 1 is 1.10 bits per heavy atom. The molecule has 5 heteroatoms. The summed E-state index contributed by atoms with van der Waals surface area (Å²) < 4.78 is 5.49. The number of pyridine rings is 1. The molecule has 4 rings (SSSR count). The van der Waals surface area contributed by atoms with Crippen LogP contribution >= 0.6 is 0 Å². The number of H-pyrrole nitrogens is 1. The van der Waals surface area contributed by atoms with Crippen molar-refractivity contribution in [2.24, 2.45) is 5.92 Å². The number of hydrogen-bond donors (Lipinski definition) is 1. The number of hydrogen-bond acceptors (Lipinski definition) is 4. The highest BCUT2D eigenvalue weighted by molar-refractivity contribution is 5.56. The van der Waals surface area contributed by atoms with Gasteiger partial charge in [-0.1, -0.05) is 43.7 Å². The van der Waals surface area contributed by atoms with Crippen molar-refractivity contribution >= 4 is 11.5 Å². The lowest BCUT2D eigenvalue weighted by Crippen LogP contribution is -2.52. The van der Waals surface area contributed by atoms with E-state index in [0.29, 0.717) is 18.0 Å². The molecule has 3 atom stereocenters. The molecular formula is C24H33N3O2. The molecule has 2 aliphatic heterocycles. The second kappa shape index (κ2) is 9.04. The topological polar surface area (TPSA) is 48.6 Å². The van der Waals surface area contributed by atoms with Gasteiger partial charge in [-0.25, -0.2) is 0 Å². The molecule has 3 heterocycles. The van der Waals surface area contributed by atoms with Crippen molar-refractivity contribution in [1.29, 1.82) is 0 Å². The Balaban J connectivity index is 1.69. The van der Waals surface area contributed by atoms with Crippen molar-refractivity contribution in [3.05, 3.63) is 58.4 Å². The fourth-order valence-corrected chi connectivity index (χ4v) is 5.01. The Labute approximate surface area is 173 Å². The van der Waals surface area contributed by atoms with E-state index in [-0.39, 0.29) is 5.56 Å². The molecular weight excluding hydrogens is 362 g/mol. The molecule has 0 amide bonds. The maximum Gasteiger partial charge on any atom is 0.251 e. The first kappa shape index (κ1) is 20.0. The molecule has 156 valence electrons. The summed E-state index contributed by atoms with van der Waals surface area (Å²) in [7, 11) is 0. The number of anilines is 2. The molecule has 1 aromatic heterocycles. The standard InChI is InChI=1S/C24H33N3O2/c1-3-20-10-9-18(2)27(22(20)15-19-7-5-4-6-8-19)23-16-21(17-24(28)25-23)26-11-13-29-14-12-26/h4-8,16-18,20,22H,3,9-15H2,1-2H3,(H,25,28)/t18-,20+,22+/m1/s1. The molecule has 2 aliphatic rings. The van der Waals surface area contributed by atoms with Crippen molar-refractivity contribution in [3.63, 3.8) is 0 Å². The van der Waals surface area contributed by atoms with Gasteiger partial charge in [-0.2, -0.15) is 0 Å². The van der Waals surface area contributed by atoms with E-state index >= 15 is 0 Å². The molecule has 0 aliphatic carbocycles. The van der Waals surface area contributed by atoms with Crippen LogP contribution in [-0.2, 0) is 11.2 Å². The van der Waals surface area contributed by atoms with E-state index in [9.17, 15) is 4.79 Å². The average molecular weight is 396 g/mol. The number of aromatic nitrogens is 1. The van der Waals surface area contributed by atoms with E-state index in [1.165, 1.54) is 12.0 Å². The van der Waals surface area contributed by atoms with Crippen LogP contribution in [0.2, 0.25) is 0 Å². The van der Waals surface area contributed by atoms with Crippen LogP contribution in [-0.4, -0.2) is 43.4 Å². The zero-order valence-corrected chi connectivity index (χ0v) is 17.6. The van der Waals surface area contributed by atoms with Gasteiger partial charge in [0.15, 0.2) is 0 Å². The smallest absolute Gasteiger partial charge is 0.251 e. The maximum atomic E-state index is 12.6. The van der Waals surface area contributed by atoms with Gasteiger partial charge in [0.1, 0.15) is 5.82 Å². The van der Waals surface area contributed by atoms with Gasteiger partial charge in [-0.05, 0) is 37.7 Å². The SMILES string of the molecule is CC[C@H]1CC[C@@H](C)N(c2cc(N3CCOCC3)cc(=O)[nH]2)[C@H]1Cc1ccccc1. The van der Waals surface area contributed by atoms with Gasteiger partial charge in [-0.3, -0.25) is 4.79 Å². The van der Waals surface area contributed by atoms with Crippen molar-refractivity contribution in [2.45, 2.75) is 51.6 Å². The number of aromatic amines is 1. The van der Waals surface area contributed by atoms with Crippen LogP contribution in [0.15, 0.2) is 47.3 Å². The summed E-state index contributed by atoms with van der Waals surface area (Å²) in [5, 5.41) is 0. The van der Waals surface area contributed by atoms with Crippen LogP contribution in [0, 0.1) is 5.92 Å². The summed E-state index contributed by atoms with van der Waals surface area (Å²) in [5.41, 5.74) is 2.35. The zero-order chi connectivity index (χ0) is 20.2. The number of benzene rings is 1. The van der Waals surface area contributed by atoms with Gasteiger partial charge in [0.2, 0.25) is 0 Å². The molecule has 5 nitrogen and oxygen atoms in total. The molecule has 0 spiro atoms. The fourth-order valence-electron chi connectivity index (χ4n) is 5.01. The molecule has 2 aromatic rings. The Kier molecular flexibility index (Phi) is 6.24. The Bertz CT molecular complexity index is 845. The highest BCUT2D eigenvalue weighted by Gasteiger charge is 2.35. The quantitative estimate of drug-likeness (QED) is 0.836. The first-order chi connectivity index (χ1) is 14.2. The number of rotatable bonds is 5. The van der Waals surface area contributed by atoms with Crippen LogP contribution in [0.1, 0.15) is 38.7 Å². The lowest BCUT2D eigenvalue weighted by Gasteiger charge is -2.47. The maximum absolute atomic E-state index is 12.6. The summed E-state index contributed by atoms with van der Waals surface area (Å²) in [5.74, 6) is 1.59. The lowest BCUT2D eigenvalue weighted by atomic mass is 9.81. The second-order valence-corrected chi connectivity index (χ2v) is 8.45. The number of morpholine rings is 1. The van der Waals surface area contributed by atoms with Crippen molar-refractivity contribution in [1.82, 2.24) is 4.98 Å². The third-order valence-corrected chi connectivity index (χ3v) is 6.61. The largest absolute Gasteiger partial charge is 0.378 e. The van der Waals surface area contributed by atoms with Crippen LogP contribution in [0.3, 0.4) is 0 Å². The molecule has 0 saturated carbocycles. The molecule has 2 fully saturated rings. The second-order valence-electron chi connectivity index (χ2n) is 8.45. The predicted octanol–water partition coefficient (Wildman–Crippen LogP) is 3.84. The van der Waals surface area contributed by atoms with Crippen LogP contribution < -0.4 is 15.4 Å². The third kappa shape index (κ3) is 4.50. The predicted molar refractivity (Wildman–Crippen MR) is 119 cm³/mol. The van der Waals surface area contributed by atoms with Crippen LogP contribution in [0.25, 0.3) is 0 Å². The van der Waals surface area contributed by atoms with Gasteiger partial charge >= 0.3 is 0 Å². The van der Waals surface area contributed by atoms with Gasteiger partial charge in [0, 0.05) is 43.0 Å². The van der Waals surface area contributed by atoms with Gasteiger partial charge in [-0.15, -0.1) is 0 Å². The molecule has 0 radical (unpaired) electrons. The monoisotopic (exact) mass is 395 g/mol. The summed E-state index contributed by atoms with van der Waals surface area (Å²) in [6.07, 6.45) is 4.58. The summed E-state index contributed by atoms with van der Waals surface area (Å²) >= 11 is 0. The number of nitrogens with one attached hydrogen (secondary N) is 1. The van der Waals surface area contributed by atoms with E-state index < -0.39 is 0 Å². The van der Waals surface area contributed by atoms with Crippen LogP contribution in [0.5, 0.6) is 0 Å². The number of piperidine rings is 1. The van der Waals surface area contributed by atoms with E-state index in [1.807, 2.05) is 0 Å². The minimum atomic E-state index is -0.0201. The highest BCUT2D eigenvalue weighted by atomic mass is 16.5. The average Bonchev–Trinajstić information content (AvgIpc) is 2.75. The zero-order valence-electron chi connectivity index (χ0n) is 17.6. The normalized spacial score (nSPS) is 25.2. The fraction of sp³-hybridized carbons (Fsp3) is 0.542. The summed E-state index contributed by atoms with van der Waals surface area (Å²) in [4.78, 5) is 20.5. The van der Waals surface area contributed by atoms with Crippen LogP contribution in [0.4, 0.5) is 11.5 Å². The molecule has 1 aromatic carbocycles. The number of nitrogens with zero attached hydrogens (tertiary/aromatic N) is 2. The lowest BCUT2D eigenvalue weighted by molar-refractivity contribution is 0.122. The van der Waals surface area contributed by atoms with E-state index in [4.69, 9.17) is 4.74 Å². The summed E-state index contributed by atoms with van der Waals surface area (Å²) in [6, 6.07) is 15.5. The minimum Gasteiger partial charge on any atom is -0.378 e. The minimum absolute atomic E-state index is 0.0201. The molecule has 0 bridgehead atoms. The van der Waals surface area contributed by atoms with Crippen molar-refractivity contribution in [2.75, 3.05) is 36.1 Å². The highest BCUT2D eigenvalue weighted by Crippen LogP contribution is 2.36. The first-order valence-electron chi connectivity index (χ1n) is 11.0. The van der Waals surface area contributed by atoms with E-state index in [0.717, 1.165) is 57.1 Å². The summed E-state index contributed by atoms with van der Waals surface area (Å²) in [6.45, 7) is 7.70. The Hall–Kier alpha value is -2.27. The Morgan fingerprint density at radius 3 is 2.59 bits per heavy atom. The third-order valence-electron chi connectivity index (χ3n) is 6.61. The number of ether oxygens (including phenoxy) is 1. The van der Waals surface area contributed by atoms with E-state index in [2.05, 4.69) is 65.0 Å². The molecule has 1 N–H and O–H groups in total. The van der Waals surface area contributed by atoms with Crippen molar-refractivity contribution < 1.29 is 4.74 Å². The van der Waals surface area contributed by atoms with E-state index in [1.54, 1.807) is 6.07 Å². The Morgan fingerprint density at radius 2 is 1.86 bits per heavy atom. The molecule has 0 unspecified atom stereocenters.